The van der Waals surface area contributed by atoms with Gasteiger partial charge in [0.25, 0.3) is 0 Å². The van der Waals surface area contributed by atoms with Crippen molar-refractivity contribution in [1.82, 2.24) is 10.3 Å². The lowest BCUT2D eigenvalue weighted by atomic mass is 10.1. The highest BCUT2D eigenvalue weighted by molar-refractivity contribution is 5.91. The summed E-state index contributed by atoms with van der Waals surface area (Å²) in [5.74, 6) is -2.98. The predicted octanol–water partition coefficient (Wildman–Crippen LogP) is 2.28. The smallest absolute Gasteiger partial charge is 0.441 e. The van der Waals surface area contributed by atoms with Crippen molar-refractivity contribution in [3.63, 3.8) is 0 Å². The highest BCUT2D eigenvalue weighted by Gasteiger charge is 2.63. The second-order valence-corrected chi connectivity index (χ2v) is 5.29. The standard InChI is InChI=1S/C17H16F3N3O3/c1-26-15(25)16(17(18,19)20,22-13-9-5-6-10-21-13)23-14(24)11-12-7-3-2-4-8-12/h2-10H,11H2,1H3,(H,21,22)(H,23,24). The minimum atomic E-state index is -5.19. The Balaban J connectivity index is 2.35. The van der Waals surface area contributed by atoms with Crippen molar-refractivity contribution in [1.29, 1.82) is 0 Å². The zero-order valence-electron chi connectivity index (χ0n) is 13.7. The van der Waals surface area contributed by atoms with Crippen molar-refractivity contribution in [3.8, 4) is 0 Å². The van der Waals surface area contributed by atoms with Crippen LogP contribution in [0.5, 0.6) is 0 Å². The largest absolute Gasteiger partial charge is 0.466 e. The number of amides is 1. The maximum atomic E-state index is 13.8. The van der Waals surface area contributed by atoms with E-state index in [-0.39, 0.29) is 12.2 Å². The average molecular weight is 367 g/mol. The number of nitrogens with zero attached hydrogens (tertiary/aromatic N) is 1. The number of anilines is 1. The lowest BCUT2D eigenvalue weighted by Gasteiger charge is -2.34. The van der Waals surface area contributed by atoms with Crippen LogP contribution in [0.4, 0.5) is 19.0 Å². The lowest BCUT2D eigenvalue weighted by Crippen LogP contribution is -2.69. The van der Waals surface area contributed by atoms with Crippen LogP contribution in [0.25, 0.3) is 0 Å². The van der Waals surface area contributed by atoms with E-state index in [2.05, 4.69) is 9.72 Å². The Kier molecular flexibility index (Phi) is 5.81. The molecule has 2 N–H and O–H groups in total. The van der Waals surface area contributed by atoms with Crippen molar-refractivity contribution in [2.24, 2.45) is 0 Å². The number of hydrogen-bond donors (Lipinski definition) is 2. The maximum absolute atomic E-state index is 13.8. The van der Waals surface area contributed by atoms with E-state index in [0.717, 1.165) is 7.11 Å². The van der Waals surface area contributed by atoms with E-state index in [9.17, 15) is 22.8 Å². The van der Waals surface area contributed by atoms with Gasteiger partial charge in [-0.25, -0.2) is 9.78 Å². The monoisotopic (exact) mass is 367 g/mol. The number of carbonyl (C=O) groups is 2. The summed E-state index contributed by atoms with van der Waals surface area (Å²) < 4.78 is 45.7. The van der Waals surface area contributed by atoms with Gasteiger partial charge in [-0.05, 0) is 17.7 Å². The molecule has 26 heavy (non-hydrogen) atoms. The van der Waals surface area contributed by atoms with Crippen LogP contribution in [0, 0.1) is 0 Å². The number of ether oxygens (including phenoxy) is 1. The summed E-state index contributed by atoms with van der Waals surface area (Å²) >= 11 is 0. The van der Waals surface area contributed by atoms with Gasteiger partial charge in [-0.3, -0.25) is 4.79 Å². The van der Waals surface area contributed by atoms with Crippen molar-refractivity contribution < 1.29 is 27.5 Å². The van der Waals surface area contributed by atoms with Gasteiger partial charge in [0.2, 0.25) is 5.91 Å². The van der Waals surface area contributed by atoms with Crippen molar-refractivity contribution in [2.75, 3.05) is 12.4 Å². The fourth-order valence-electron chi connectivity index (χ4n) is 2.21. The molecule has 1 atom stereocenters. The van der Waals surface area contributed by atoms with Crippen LogP contribution in [0.1, 0.15) is 5.56 Å². The van der Waals surface area contributed by atoms with Crippen molar-refractivity contribution in [2.45, 2.75) is 18.3 Å². The zero-order chi connectivity index (χ0) is 19.2. The Morgan fingerprint density at radius 1 is 1.08 bits per heavy atom. The van der Waals surface area contributed by atoms with Gasteiger partial charge in [0.15, 0.2) is 0 Å². The van der Waals surface area contributed by atoms with E-state index in [0.29, 0.717) is 5.56 Å². The molecule has 1 heterocycles. The predicted molar refractivity (Wildman–Crippen MR) is 87.0 cm³/mol. The van der Waals surface area contributed by atoms with E-state index < -0.39 is 23.7 Å². The molecule has 0 fully saturated rings. The molecule has 0 aliphatic carbocycles. The first-order valence-corrected chi connectivity index (χ1v) is 7.48. The lowest BCUT2D eigenvalue weighted by molar-refractivity contribution is -0.206. The molecule has 6 nitrogen and oxygen atoms in total. The molecule has 0 radical (unpaired) electrons. The van der Waals surface area contributed by atoms with Crippen LogP contribution < -0.4 is 10.6 Å². The molecule has 138 valence electrons. The fourth-order valence-corrected chi connectivity index (χ4v) is 2.21. The summed E-state index contributed by atoms with van der Waals surface area (Å²) in [6.45, 7) is 0. The van der Waals surface area contributed by atoms with E-state index in [1.54, 1.807) is 35.6 Å². The normalized spacial score (nSPS) is 13.4. The number of rotatable bonds is 6. The molecule has 1 aromatic heterocycles. The number of halogens is 3. The van der Waals surface area contributed by atoms with Crippen LogP contribution in [0.15, 0.2) is 54.7 Å². The van der Waals surface area contributed by atoms with Crippen LogP contribution in [-0.2, 0) is 20.7 Å². The number of nitrogens with one attached hydrogen (secondary N) is 2. The van der Waals surface area contributed by atoms with Crippen LogP contribution in [-0.4, -0.2) is 35.8 Å². The quantitative estimate of drug-likeness (QED) is 0.605. The Morgan fingerprint density at radius 3 is 2.27 bits per heavy atom. The Labute approximate surface area is 147 Å². The summed E-state index contributed by atoms with van der Waals surface area (Å²) in [5.41, 5.74) is -2.98. The third-order valence-electron chi connectivity index (χ3n) is 3.43. The first-order valence-electron chi connectivity index (χ1n) is 7.48. The summed E-state index contributed by atoms with van der Waals surface area (Å²) in [4.78, 5) is 27.9. The fraction of sp³-hybridized carbons (Fsp3) is 0.235. The molecule has 1 amide bonds. The topological polar surface area (TPSA) is 80.3 Å². The average Bonchev–Trinajstić information content (AvgIpc) is 2.61. The number of methoxy groups -OCH3 is 1. The van der Waals surface area contributed by atoms with E-state index >= 15 is 0 Å². The van der Waals surface area contributed by atoms with Gasteiger partial charge in [0.05, 0.1) is 13.5 Å². The number of hydrogen-bond acceptors (Lipinski definition) is 5. The van der Waals surface area contributed by atoms with E-state index in [4.69, 9.17) is 0 Å². The molecule has 0 saturated carbocycles. The molecule has 0 saturated heterocycles. The highest BCUT2D eigenvalue weighted by Crippen LogP contribution is 2.32. The van der Waals surface area contributed by atoms with Crippen LogP contribution >= 0.6 is 0 Å². The van der Waals surface area contributed by atoms with E-state index in [1.165, 1.54) is 24.4 Å². The highest BCUT2D eigenvalue weighted by atomic mass is 19.4. The summed E-state index contributed by atoms with van der Waals surface area (Å²) in [7, 11) is 0.798. The van der Waals surface area contributed by atoms with Gasteiger partial charge in [0.1, 0.15) is 5.82 Å². The summed E-state index contributed by atoms with van der Waals surface area (Å²) in [6.07, 6.45) is -4.30. The molecule has 0 aliphatic heterocycles. The molecule has 2 aromatic rings. The van der Waals surface area contributed by atoms with Crippen molar-refractivity contribution in [3.05, 3.63) is 60.3 Å². The third-order valence-corrected chi connectivity index (χ3v) is 3.43. The molecule has 2 rings (SSSR count). The van der Waals surface area contributed by atoms with Crippen LogP contribution in [0.2, 0.25) is 0 Å². The van der Waals surface area contributed by atoms with Crippen LogP contribution in [0.3, 0.4) is 0 Å². The second kappa shape index (κ2) is 7.85. The van der Waals surface area contributed by atoms with E-state index in [1.807, 2.05) is 5.32 Å². The van der Waals surface area contributed by atoms with Gasteiger partial charge in [0, 0.05) is 6.20 Å². The Bertz CT molecular complexity index is 754. The molecule has 0 aliphatic rings. The number of alkyl halides is 3. The first-order chi connectivity index (χ1) is 12.3. The molecule has 9 heteroatoms. The Hall–Kier alpha value is -3.10. The number of carbonyl (C=O) groups excluding carboxylic acids is 2. The second-order valence-electron chi connectivity index (χ2n) is 5.29. The number of benzene rings is 1. The van der Waals surface area contributed by atoms with Crippen molar-refractivity contribution >= 4 is 17.7 Å². The van der Waals surface area contributed by atoms with Gasteiger partial charge >= 0.3 is 17.8 Å². The number of pyridine rings is 1. The first kappa shape index (κ1) is 19.2. The summed E-state index contributed by atoms with van der Waals surface area (Å²) in [6, 6.07) is 12.3. The third kappa shape index (κ3) is 4.29. The SMILES string of the molecule is COC(=O)C(NC(=O)Cc1ccccc1)(Nc1ccccn1)C(F)(F)F. The van der Waals surface area contributed by atoms with Gasteiger partial charge in [-0.1, -0.05) is 36.4 Å². The minimum absolute atomic E-state index is 0.254. The van der Waals surface area contributed by atoms with Gasteiger partial charge in [-0.15, -0.1) is 0 Å². The van der Waals surface area contributed by atoms with Gasteiger partial charge in [-0.2, -0.15) is 13.2 Å². The zero-order valence-corrected chi connectivity index (χ0v) is 13.7. The maximum Gasteiger partial charge on any atom is 0.441 e. The molecule has 1 aromatic carbocycles. The van der Waals surface area contributed by atoms with Gasteiger partial charge < -0.3 is 15.4 Å². The molecule has 0 bridgehead atoms. The number of aromatic nitrogens is 1. The molecule has 1 unspecified atom stereocenters. The molecule has 0 spiro atoms. The molecular weight excluding hydrogens is 351 g/mol. The molecular formula is C17H16F3N3O3. The Morgan fingerprint density at radius 2 is 1.73 bits per heavy atom. The number of esters is 1. The summed E-state index contributed by atoms with van der Waals surface area (Å²) in [5, 5.41) is 3.69. The minimum Gasteiger partial charge on any atom is -0.466 e.